The first-order valence-electron chi connectivity index (χ1n) is 34.8. The Kier molecular flexibility index (Phi) is 22.2. The third-order valence-electron chi connectivity index (χ3n) is 20.4. The lowest BCUT2D eigenvalue weighted by atomic mass is 9.39. The van der Waals surface area contributed by atoms with Crippen LogP contribution in [0, 0.1) is 29.1 Å². The molecule has 5 heterocycles. The van der Waals surface area contributed by atoms with Gasteiger partial charge in [0.15, 0.2) is 10.8 Å². The second kappa shape index (κ2) is 30.7. The number of imide groups is 1. The lowest BCUT2D eigenvalue weighted by Crippen LogP contribution is -2.64. The molecule has 28 nitrogen and oxygen atoms in total. The summed E-state index contributed by atoms with van der Waals surface area (Å²) in [4.78, 5) is 132. The zero-order valence-electron chi connectivity index (χ0n) is 58.5. The first-order valence-corrected chi connectivity index (χ1v) is 37.3. The van der Waals surface area contributed by atoms with E-state index in [1.54, 1.807) is 49.2 Å². The Bertz CT molecular complexity index is 4350. The predicted molar refractivity (Wildman–Crippen MR) is 385 cm³/mol. The van der Waals surface area contributed by atoms with Crippen molar-refractivity contribution in [2.24, 2.45) is 33.6 Å². The number of carbonyl (C=O) groups is 9. The van der Waals surface area contributed by atoms with Gasteiger partial charge in [0.05, 0.1) is 40.1 Å². The number of pyridine rings is 1. The van der Waals surface area contributed by atoms with E-state index < -0.39 is 93.6 Å². The van der Waals surface area contributed by atoms with Crippen LogP contribution >= 0.6 is 11.3 Å². The van der Waals surface area contributed by atoms with Gasteiger partial charge in [0, 0.05) is 91.6 Å². The number of nitrogens with two attached hydrogens (primary N) is 2. The second-order valence-electron chi connectivity index (χ2n) is 29.2. The summed E-state index contributed by atoms with van der Waals surface area (Å²) in [6, 6.07) is 19.6. The average Bonchev–Trinajstić information content (AvgIpc) is 0.728. The normalized spacial score (nSPS) is 21.0. The van der Waals surface area contributed by atoms with E-state index in [1.165, 1.54) is 45.4 Å². The standard InChI is InChI=1S/C73H89N13O15S2/c1-45(2)61(80-58(87)17-7-6-10-29-84-59(88)26-27-60(84)89)64(91)86(55(63(74)90)15-11-28-76-66(75)94)50-22-18-47(19-23-50)37-100-69(96)82(32-34-103(97,98)99)31-33-101-73-41-70(4)38-71(5,42-73)40-72(39-70,43-73)44-85-46(3)52(36-77-85)51-24-25-53(78-62(51)65(92)93)49-21-20-48-13-12-30-83(56(48)35-49)68(95)81-67-79-54-14-8-9-16-57(54)102-67/h8-9,14,16,18-27,35-36,45,55,61H,6-7,10-13,15,17,28-34,37-44H2,1-5H3,(H2,74,90)(H,80,87)(H,92,93)(H3,75,76,94)(H,79,81,95)(H,97,98,99)/t55-,61-,70?,71?,72?,73?/m0/s1. The minimum Gasteiger partial charge on any atom is -0.476 e. The van der Waals surface area contributed by atoms with Crippen molar-refractivity contribution in [3.05, 3.63) is 120 Å². The number of aromatic carboxylic acids is 1. The van der Waals surface area contributed by atoms with Crippen LogP contribution in [0.15, 0.2) is 97.2 Å². The monoisotopic (exact) mass is 1450 g/mol. The molecule has 2 unspecified atom stereocenters. The molecule has 4 saturated carbocycles. The maximum atomic E-state index is 14.8. The highest BCUT2D eigenvalue weighted by Crippen LogP contribution is 2.72. The largest absolute Gasteiger partial charge is 0.476 e. The van der Waals surface area contributed by atoms with E-state index >= 15 is 0 Å². The number of nitrogens with zero attached hydrogens (tertiary/aromatic N) is 8. The van der Waals surface area contributed by atoms with E-state index in [4.69, 9.17) is 31.0 Å². The molecular formula is C73H89N13O15S2. The van der Waals surface area contributed by atoms with Crippen molar-refractivity contribution < 1.29 is 70.7 Å². The minimum atomic E-state index is -4.55. The number of thiazole rings is 1. The number of rotatable bonds is 31. The second-order valence-corrected chi connectivity index (χ2v) is 31.8. The molecule has 6 aliphatic rings. The number of benzene rings is 3. The van der Waals surface area contributed by atoms with Gasteiger partial charge in [-0.1, -0.05) is 81.9 Å². The van der Waals surface area contributed by atoms with Crippen LogP contribution < -0.4 is 37.2 Å². The maximum Gasteiger partial charge on any atom is 0.410 e. The van der Waals surface area contributed by atoms with Crippen LogP contribution in [0.1, 0.15) is 138 Å². The van der Waals surface area contributed by atoms with Gasteiger partial charge >= 0.3 is 24.1 Å². The van der Waals surface area contributed by atoms with E-state index in [0.29, 0.717) is 77.5 Å². The summed E-state index contributed by atoms with van der Waals surface area (Å²) >= 11 is 1.40. The van der Waals surface area contributed by atoms with Crippen LogP contribution in [-0.4, -0.2) is 164 Å². The Balaban J connectivity index is 0.745. The molecule has 10 amide bonds. The minimum absolute atomic E-state index is 0.00187. The van der Waals surface area contributed by atoms with E-state index in [1.807, 2.05) is 54.1 Å². The summed E-state index contributed by atoms with van der Waals surface area (Å²) < 4.78 is 50.0. The summed E-state index contributed by atoms with van der Waals surface area (Å²) in [5.41, 5.74) is 15.9. The first kappa shape index (κ1) is 74.5. The molecule has 3 aromatic heterocycles. The molecule has 548 valence electrons. The number of hydrogen-bond donors (Lipinski definition) is 7. The summed E-state index contributed by atoms with van der Waals surface area (Å²) in [6.45, 7) is 10.3. The Labute approximate surface area is 601 Å². The van der Waals surface area contributed by atoms with E-state index in [2.05, 4.69) is 34.8 Å². The van der Waals surface area contributed by atoms with Crippen molar-refractivity contribution in [3.8, 4) is 22.4 Å². The molecule has 0 radical (unpaired) electrons. The molecule has 2 aliphatic heterocycles. The van der Waals surface area contributed by atoms with Gasteiger partial charge in [0.2, 0.25) is 11.8 Å². The number of urea groups is 2. The fourth-order valence-corrected chi connectivity index (χ4v) is 18.2. The van der Waals surface area contributed by atoms with Crippen LogP contribution in [0.4, 0.5) is 30.9 Å². The van der Waals surface area contributed by atoms with Gasteiger partial charge in [-0.15, -0.1) is 0 Å². The fraction of sp³-hybridized carbons (Fsp3) is 0.479. The van der Waals surface area contributed by atoms with Crippen molar-refractivity contribution in [3.63, 3.8) is 0 Å². The molecule has 103 heavy (non-hydrogen) atoms. The number of primary amides is 2. The predicted octanol–water partition coefficient (Wildman–Crippen LogP) is 9.14. The Morgan fingerprint density at radius 1 is 0.835 bits per heavy atom. The van der Waals surface area contributed by atoms with Crippen molar-refractivity contribution in [2.75, 3.05) is 60.2 Å². The quantitative estimate of drug-likeness (QED) is 0.0121. The number of ether oxygens (including phenoxy) is 2. The number of anilines is 3. The summed E-state index contributed by atoms with van der Waals surface area (Å²) in [5, 5.41) is 24.4. The molecule has 4 bridgehead atoms. The number of para-hydroxylation sites is 1. The van der Waals surface area contributed by atoms with Gasteiger partial charge in [-0.05, 0) is 160 Å². The smallest absolute Gasteiger partial charge is 0.410 e. The Morgan fingerprint density at radius 2 is 1.56 bits per heavy atom. The van der Waals surface area contributed by atoms with Crippen LogP contribution in [0.2, 0.25) is 0 Å². The molecule has 4 fully saturated rings. The Hall–Kier alpha value is -9.65. The van der Waals surface area contributed by atoms with Gasteiger partial charge < -0.3 is 41.6 Å². The number of hydrogen-bond acceptors (Lipinski definition) is 17. The number of amides is 10. The number of fused-ring (bicyclic) bond motifs is 2. The van der Waals surface area contributed by atoms with Gasteiger partial charge in [-0.25, -0.2) is 29.1 Å². The molecule has 9 N–H and O–H groups in total. The molecule has 0 saturated heterocycles. The van der Waals surface area contributed by atoms with Crippen molar-refractivity contribution in [2.45, 2.75) is 155 Å². The summed E-state index contributed by atoms with van der Waals surface area (Å²) in [6.07, 6.45) is 11.1. The summed E-state index contributed by atoms with van der Waals surface area (Å²) in [5.74, 6) is -5.25. The molecule has 4 aliphatic carbocycles. The number of nitrogens with one attached hydrogen (secondary N) is 3. The van der Waals surface area contributed by atoms with Crippen molar-refractivity contribution in [1.29, 1.82) is 0 Å². The van der Waals surface area contributed by atoms with Crippen LogP contribution in [-0.2, 0) is 63.1 Å². The highest BCUT2D eigenvalue weighted by molar-refractivity contribution is 7.85. The molecule has 30 heteroatoms. The van der Waals surface area contributed by atoms with E-state index in [9.17, 15) is 61.2 Å². The number of carbonyl (C=O) groups excluding carboxylic acids is 8. The number of carboxylic acids is 1. The molecule has 3 aromatic carbocycles. The zero-order chi connectivity index (χ0) is 73.8. The molecule has 4 atom stereocenters. The lowest BCUT2D eigenvalue weighted by Gasteiger charge is -2.69. The Morgan fingerprint density at radius 3 is 2.24 bits per heavy atom. The van der Waals surface area contributed by atoms with Crippen molar-refractivity contribution >= 4 is 102 Å². The highest BCUT2D eigenvalue weighted by Gasteiger charge is 2.66. The zero-order valence-corrected chi connectivity index (χ0v) is 60.1. The third kappa shape index (κ3) is 17.5. The molecule has 12 rings (SSSR count). The fourth-order valence-electron chi connectivity index (χ4n) is 16.9. The molecular weight excluding hydrogens is 1360 g/mol. The number of aryl methyl sites for hydroxylation is 1. The van der Waals surface area contributed by atoms with E-state index in [-0.39, 0.29) is 85.8 Å². The van der Waals surface area contributed by atoms with Crippen LogP contribution in [0.5, 0.6) is 0 Å². The van der Waals surface area contributed by atoms with Crippen LogP contribution in [0.25, 0.3) is 32.6 Å². The SMILES string of the molecule is Cc1c(-c2ccc(-c3ccc4c(c3)N(C(=O)Nc3nc5ccccc5s3)CCC4)nc2C(=O)O)cnn1CC12CC3(C)CC(C)(C1)CC(OCCN(CCS(=O)(=O)O)C(=O)OCc1ccc(N(C(=O)[C@@H](NC(=O)CCCCCN4C(=O)C=CC4=O)C(C)C)[C@@H](CCCNC(N)=O)C(N)=O)cc1)(C3)C2. The molecule has 6 aromatic rings. The number of aromatic nitrogens is 4. The topological polar surface area (TPSA) is 391 Å². The highest BCUT2D eigenvalue weighted by atomic mass is 32.2. The van der Waals surface area contributed by atoms with Gasteiger partial charge in [0.1, 0.15) is 18.7 Å². The summed E-state index contributed by atoms with van der Waals surface area (Å²) in [7, 11) is -4.55. The van der Waals surface area contributed by atoms with Gasteiger partial charge in [-0.2, -0.15) is 13.5 Å². The maximum absolute atomic E-state index is 14.8. The first-order chi connectivity index (χ1) is 48.9. The average molecular weight is 1450 g/mol. The van der Waals surface area contributed by atoms with Gasteiger partial charge in [-0.3, -0.25) is 53.2 Å². The lowest BCUT2D eigenvalue weighted by molar-refractivity contribution is -0.248. The number of unbranched alkanes of at least 4 members (excludes halogenated alkanes) is 2. The number of carboxylic acid groups (broad SMARTS) is 1. The molecule has 0 spiro atoms. The van der Waals surface area contributed by atoms with Crippen LogP contribution in [0.3, 0.4) is 0 Å². The van der Waals surface area contributed by atoms with Crippen molar-refractivity contribution in [1.82, 2.24) is 40.2 Å². The van der Waals surface area contributed by atoms with Gasteiger partial charge in [0.25, 0.3) is 27.8 Å². The van der Waals surface area contributed by atoms with E-state index in [0.717, 1.165) is 71.3 Å². The third-order valence-corrected chi connectivity index (χ3v) is 22.0.